The van der Waals surface area contributed by atoms with Crippen LogP contribution in [-0.4, -0.2) is 83.3 Å². The molecular weight excluding hydrogens is 527 g/mol. The van der Waals surface area contributed by atoms with Crippen LogP contribution >= 0.6 is 0 Å². The molecule has 207 valence electrons. The topological polar surface area (TPSA) is 98.0 Å². The molecule has 41 heavy (non-hydrogen) atoms. The van der Waals surface area contributed by atoms with Gasteiger partial charge < -0.3 is 0 Å². The fraction of sp³-hybridized carbons (Fsp3) is 0.290. The van der Waals surface area contributed by atoms with Crippen molar-refractivity contribution in [3.05, 3.63) is 135 Å². The molecule has 4 rings (SSSR count). The van der Waals surface area contributed by atoms with Crippen molar-refractivity contribution in [2.45, 2.75) is 31.3 Å². The minimum absolute atomic E-state index is 0. The van der Waals surface area contributed by atoms with E-state index in [0.717, 1.165) is 27.5 Å². The monoisotopic (exact) mass is 561 g/mol. The standard InChI is InChI=1S/C31H34N6O3.Na/c1-35(32-38)23-30(22-28-17-10-16-27-15-8-9-18-31(27)28)37(34-40)24-29(21-26-13-6-3-7-14-26)36(33-39)20-19-25-11-4-2-5-12-25;/h2-18,29-30H,19-24H2,1H3;/t29-,30+;/m0./s1. The Labute approximate surface area is 262 Å². The fourth-order valence-electron chi connectivity index (χ4n) is 5.12. The first-order valence-corrected chi connectivity index (χ1v) is 13.4. The van der Waals surface area contributed by atoms with Crippen LogP contribution in [0.25, 0.3) is 10.8 Å². The molecule has 0 aromatic heterocycles. The molecule has 0 unspecified atom stereocenters. The van der Waals surface area contributed by atoms with Crippen molar-refractivity contribution in [1.29, 1.82) is 0 Å². The number of rotatable bonds is 16. The van der Waals surface area contributed by atoms with Gasteiger partial charge in [-0.2, -0.15) is 0 Å². The minimum Gasteiger partial charge on any atom is -0.262 e. The first-order chi connectivity index (χ1) is 19.6. The third kappa shape index (κ3) is 9.18. The molecule has 0 N–H and O–H groups in total. The largest absolute Gasteiger partial charge is 0.262 e. The zero-order valence-corrected chi connectivity index (χ0v) is 25.6. The van der Waals surface area contributed by atoms with Gasteiger partial charge in [-0.3, -0.25) is 15.0 Å². The quantitative estimate of drug-likeness (QED) is 0.0974. The van der Waals surface area contributed by atoms with Crippen molar-refractivity contribution in [2.75, 3.05) is 26.7 Å². The predicted molar refractivity (Wildman–Crippen MR) is 165 cm³/mol. The number of hydrogen-bond acceptors (Lipinski definition) is 6. The first kappa shape index (κ1) is 31.9. The van der Waals surface area contributed by atoms with E-state index in [4.69, 9.17) is 0 Å². The minimum atomic E-state index is -0.466. The number of nitroso groups, excluding NO2 is 3. The van der Waals surface area contributed by atoms with E-state index in [1.54, 1.807) is 7.05 Å². The molecule has 0 fully saturated rings. The van der Waals surface area contributed by atoms with Gasteiger partial charge in [-0.1, -0.05) is 103 Å². The van der Waals surface area contributed by atoms with Gasteiger partial charge in [0.05, 0.1) is 41.0 Å². The molecule has 0 aliphatic carbocycles. The average molecular weight is 562 g/mol. The van der Waals surface area contributed by atoms with E-state index in [-0.39, 0.29) is 42.6 Å². The van der Waals surface area contributed by atoms with E-state index in [9.17, 15) is 14.7 Å². The molecule has 0 amide bonds. The second-order valence-electron chi connectivity index (χ2n) is 9.95. The van der Waals surface area contributed by atoms with E-state index in [2.05, 4.69) is 15.9 Å². The van der Waals surface area contributed by atoms with Crippen molar-refractivity contribution in [1.82, 2.24) is 15.0 Å². The van der Waals surface area contributed by atoms with Gasteiger partial charge >= 0.3 is 0 Å². The Balaban J connectivity index is 0.00000462. The Bertz CT molecular complexity index is 1370. The smallest absolute Gasteiger partial charge is 0.0736 e. The van der Waals surface area contributed by atoms with Crippen molar-refractivity contribution in [2.24, 2.45) is 15.9 Å². The summed E-state index contributed by atoms with van der Waals surface area (Å²) >= 11 is 0. The van der Waals surface area contributed by atoms with Crippen LogP contribution in [0.15, 0.2) is 119 Å². The van der Waals surface area contributed by atoms with Crippen LogP contribution in [0, 0.1) is 14.7 Å². The van der Waals surface area contributed by atoms with E-state index in [0.29, 0.717) is 25.8 Å². The normalized spacial score (nSPS) is 12.0. The maximum atomic E-state index is 12.4. The Morgan fingerprint density at radius 1 is 0.610 bits per heavy atom. The third-order valence-electron chi connectivity index (χ3n) is 7.19. The summed E-state index contributed by atoms with van der Waals surface area (Å²) in [6.07, 6.45) is 1.59. The van der Waals surface area contributed by atoms with Gasteiger partial charge in [0.2, 0.25) is 0 Å². The molecule has 0 heterocycles. The molecule has 0 spiro atoms. The maximum Gasteiger partial charge on any atom is 0.0736 e. The second kappa shape index (κ2) is 16.6. The van der Waals surface area contributed by atoms with Gasteiger partial charge in [0, 0.05) is 43.1 Å². The molecule has 4 aromatic carbocycles. The molecule has 2 atom stereocenters. The summed E-state index contributed by atoms with van der Waals surface area (Å²) in [4.78, 5) is 35.9. The Hall–Kier alpha value is -3.66. The molecule has 0 aliphatic heterocycles. The van der Waals surface area contributed by atoms with E-state index in [1.807, 2.05) is 103 Å². The second-order valence-corrected chi connectivity index (χ2v) is 9.95. The summed E-state index contributed by atoms with van der Waals surface area (Å²) < 4.78 is 0. The van der Waals surface area contributed by atoms with Crippen LogP contribution in [0.1, 0.15) is 16.7 Å². The van der Waals surface area contributed by atoms with Crippen LogP contribution in [0.2, 0.25) is 0 Å². The van der Waals surface area contributed by atoms with Crippen molar-refractivity contribution in [3.63, 3.8) is 0 Å². The Kier molecular flexibility index (Phi) is 12.9. The number of nitrogens with zero attached hydrogens (tertiary/aromatic N) is 6. The summed E-state index contributed by atoms with van der Waals surface area (Å²) in [5, 5.41) is 16.2. The van der Waals surface area contributed by atoms with Crippen LogP contribution in [0.3, 0.4) is 0 Å². The molecule has 0 saturated heterocycles. The molecule has 10 heteroatoms. The van der Waals surface area contributed by atoms with Crippen molar-refractivity contribution in [3.8, 4) is 0 Å². The molecule has 0 bridgehead atoms. The Morgan fingerprint density at radius 3 is 1.85 bits per heavy atom. The first-order valence-electron chi connectivity index (χ1n) is 13.4. The molecule has 0 aliphatic rings. The van der Waals surface area contributed by atoms with Crippen LogP contribution in [0.4, 0.5) is 0 Å². The Morgan fingerprint density at radius 2 is 1.20 bits per heavy atom. The van der Waals surface area contributed by atoms with Gasteiger partial charge in [-0.05, 0) is 46.7 Å². The van der Waals surface area contributed by atoms with E-state index < -0.39 is 12.1 Å². The summed E-state index contributed by atoms with van der Waals surface area (Å²) in [5.41, 5.74) is 3.14. The summed E-state index contributed by atoms with van der Waals surface area (Å²) in [5.74, 6) is 0. The number of hydrogen-bond donors (Lipinski definition) is 0. The molecule has 4 aromatic rings. The molecule has 1 radical (unpaired) electrons. The van der Waals surface area contributed by atoms with Gasteiger partial charge in [0.15, 0.2) is 0 Å². The average Bonchev–Trinajstić information content (AvgIpc) is 3.00. The zero-order valence-electron chi connectivity index (χ0n) is 23.6. The van der Waals surface area contributed by atoms with Crippen molar-refractivity contribution < 1.29 is 0 Å². The molecular formula is C31H34N6NaO3. The summed E-state index contributed by atoms with van der Waals surface area (Å²) in [6, 6.07) is 32.9. The van der Waals surface area contributed by atoms with Crippen LogP contribution in [0.5, 0.6) is 0 Å². The third-order valence-corrected chi connectivity index (χ3v) is 7.19. The van der Waals surface area contributed by atoms with Gasteiger partial charge in [0.25, 0.3) is 0 Å². The fourth-order valence-corrected chi connectivity index (χ4v) is 5.12. The van der Waals surface area contributed by atoms with Crippen LogP contribution < -0.4 is 0 Å². The number of likely N-dealkylation sites (N-methyl/N-ethyl adjacent to an activating group) is 1. The maximum absolute atomic E-state index is 12.4. The zero-order chi connectivity index (χ0) is 28.2. The van der Waals surface area contributed by atoms with Gasteiger partial charge in [0.1, 0.15) is 0 Å². The number of benzene rings is 4. The van der Waals surface area contributed by atoms with Crippen LogP contribution in [-0.2, 0) is 19.3 Å². The van der Waals surface area contributed by atoms with Crippen molar-refractivity contribution >= 4 is 40.3 Å². The van der Waals surface area contributed by atoms with Gasteiger partial charge in [-0.25, -0.2) is 0 Å². The molecule has 0 saturated carbocycles. The number of fused-ring (bicyclic) bond motifs is 1. The van der Waals surface area contributed by atoms with E-state index >= 15 is 0 Å². The van der Waals surface area contributed by atoms with Gasteiger partial charge in [-0.15, -0.1) is 14.7 Å². The summed E-state index contributed by atoms with van der Waals surface area (Å²) in [7, 11) is 1.58. The predicted octanol–water partition coefficient (Wildman–Crippen LogP) is 5.80. The SMILES string of the molecule is CN(C[C@@H](Cc1cccc2ccccc12)N(C[C@H](Cc1ccccc1)N(CCc1ccccc1)N=O)N=O)N=O.[Na]. The molecule has 9 nitrogen and oxygen atoms in total. The van der Waals surface area contributed by atoms with E-state index in [1.165, 1.54) is 15.0 Å². The summed E-state index contributed by atoms with van der Waals surface area (Å²) in [6.45, 7) is 0.734.